The third-order valence-electron chi connectivity index (χ3n) is 2.57. The van der Waals surface area contributed by atoms with Crippen LogP contribution in [-0.4, -0.2) is 15.0 Å². The van der Waals surface area contributed by atoms with Crippen LogP contribution in [-0.2, 0) is 11.5 Å². The molecule has 0 atom stereocenters. The van der Waals surface area contributed by atoms with Gasteiger partial charge in [-0.15, -0.1) is 0 Å². The van der Waals surface area contributed by atoms with Crippen molar-refractivity contribution in [3.8, 4) is 11.5 Å². The highest BCUT2D eigenvalue weighted by Crippen LogP contribution is 2.30. The van der Waals surface area contributed by atoms with Crippen molar-refractivity contribution in [2.45, 2.75) is 11.5 Å². The van der Waals surface area contributed by atoms with Crippen molar-refractivity contribution in [3.63, 3.8) is 0 Å². The summed E-state index contributed by atoms with van der Waals surface area (Å²) in [6, 6.07) is 3.63. The van der Waals surface area contributed by atoms with Crippen molar-refractivity contribution < 1.29 is 0 Å². The fourth-order valence-corrected chi connectivity index (χ4v) is 3.27. The van der Waals surface area contributed by atoms with Crippen molar-refractivity contribution in [1.82, 2.24) is 15.0 Å². The minimum atomic E-state index is 0.615. The van der Waals surface area contributed by atoms with Gasteiger partial charge >= 0.3 is 0 Å². The average molecular weight is 282 g/mol. The zero-order valence-corrected chi connectivity index (χ0v) is 11.1. The van der Waals surface area contributed by atoms with Crippen LogP contribution >= 0.6 is 35.6 Å². The van der Waals surface area contributed by atoms with Crippen molar-refractivity contribution >= 4 is 35.6 Å². The van der Waals surface area contributed by atoms with Gasteiger partial charge in [0.05, 0.1) is 5.02 Å². The van der Waals surface area contributed by atoms with Gasteiger partial charge in [-0.1, -0.05) is 23.8 Å². The second kappa shape index (κ2) is 4.40. The van der Waals surface area contributed by atoms with Gasteiger partial charge in [-0.25, -0.2) is 4.98 Å². The highest BCUT2D eigenvalue weighted by molar-refractivity contribution is 7.98. The van der Waals surface area contributed by atoms with Crippen LogP contribution in [0.1, 0.15) is 11.3 Å². The molecule has 0 saturated carbocycles. The molecule has 0 fully saturated rings. The molecule has 1 N–H and O–H groups in total. The molecule has 3 heterocycles. The minimum absolute atomic E-state index is 0.615. The molecule has 1 aliphatic heterocycles. The highest BCUT2D eigenvalue weighted by atomic mass is 35.5. The first-order valence-corrected chi connectivity index (χ1v) is 7.00. The van der Waals surface area contributed by atoms with Gasteiger partial charge in [0.2, 0.25) is 0 Å². The van der Waals surface area contributed by atoms with Gasteiger partial charge in [-0.2, -0.15) is 11.8 Å². The molecule has 17 heavy (non-hydrogen) atoms. The van der Waals surface area contributed by atoms with Crippen LogP contribution < -0.4 is 0 Å². The molecule has 3 rings (SSSR count). The third kappa shape index (κ3) is 2.10. The van der Waals surface area contributed by atoms with Crippen molar-refractivity contribution in [1.29, 1.82) is 0 Å². The first-order valence-electron chi connectivity index (χ1n) is 5.06. The third-order valence-corrected chi connectivity index (χ3v) is 4.11. The number of rotatable bonds is 1. The molecule has 2 aromatic rings. The maximum Gasteiger partial charge on any atom is 0.157 e. The quantitative estimate of drug-likeness (QED) is 0.811. The lowest BCUT2D eigenvalue weighted by Crippen LogP contribution is -1.98. The highest BCUT2D eigenvalue weighted by Gasteiger charge is 2.16. The number of pyridine rings is 1. The molecule has 86 valence electrons. The van der Waals surface area contributed by atoms with Crippen molar-refractivity contribution in [3.05, 3.63) is 39.3 Å². The molecule has 0 bridgehead atoms. The molecular weight excluding hydrogens is 274 g/mol. The molecular formula is C11H8ClN3S2. The Bertz CT molecular complexity index is 622. The molecule has 0 amide bonds. The van der Waals surface area contributed by atoms with Crippen molar-refractivity contribution in [2.24, 2.45) is 0 Å². The summed E-state index contributed by atoms with van der Waals surface area (Å²) in [5.41, 5.74) is 3.09. The molecule has 3 nitrogen and oxygen atoms in total. The number of aromatic amines is 1. The van der Waals surface area contributed by atoms with Crippen LogP contribution in [0.15, 0.2) is 18.3 Å². The van der Waals surface area contributed by atoms with E-state index in [9.17, 15) is 0 Å². The monoisotopic (exact) mass is 281 g/mol. The van der Waals surface area contributed by atoms with Crippen LogP contribution in [0.5, 0.6) is 0 Å². The van der Waals surface area contributed by atoms with E-state index < -0.39 is 0 Å². The van der Waals surface area contributed by atoms with Gasteiger partial charge in [0, 0.05) is 29.0 Å². The minimum Gasteiger partial charge on any atom is -0.341 e. The number of halogens is 1. The number of hydrogen-bond acceptors (Lipinski definition) is 4. The summed E-state index contributed by atoms with van der Waals surface area (Å²) >= 11 is 12.9. The van der Waals surface area contributed by atoms with E-state index in [2.05, 4.69) is 15.0 Å². The first-order chi connectivity index (χ1) is 8.24. The van der Waals surface area contributed by atoms with Gasteiger partial charge in [0.1, 0.15) is 10.3 Å². The van der Waals surface area contributed by atoms with E-state index in [1.54, 1.807) is 12.3 Å². The number of hydrogen-bond donors (Lipinski definition) is 1. The summed E-state index contributed by atoms with van der Waals surface area (Å²) in [7, 11) is 0. The molecule has 0 unspecified atom stereocenters. The second-order valence-corrected chi connectivity index (χ2v) is 5.51. The fraction of sp³-hybridized carbons (Fsp3) is 0.182. The first kappa shape index (κ1) is 11.2. The molecule has 1 aliphatic rings. The summed E-state index contributed by atoms with van der Waals surface area (Å²) in [4.78, 5) is 11.9. The van der Waals surface area contributed by atoms with Crippen LogP contribution in [0.3, 0.4) is 0 Å². The average Bonchev–Trinajstić information content (AvgIpc) is 2.78. The summed E-state index contributed by atoms with van der Waals surface area (Å²) in [5.74, 6) is 2.63. The molecule has 0 saturated heterocycles. The Morgan fingerprint density at radius 1 is 1.35 bits per heavy atom. The van der Waals surface area contributed by atoms with E-state index in [1.165, 1.54) is 5.69 Å². The SMILES string of the molecule is S=c1nc(-c2ccc(Cl)cn2)[nH]c2c1CSC2. The lowest BCUT2D eigenvalue weighted by Gasteiger charge is -2.04. The van der Waals surface area contributed by atoms with Gasteiger partial charge in [0.25, 0.3) is 0 Å². The summed E-state index contributed by atoms with van der Waals surface area (Å²) in [6.07, 6.45) is 1.61. The van der Waals surface area contributed by atoms with Crippen LogP contribution in [0.4, 0.5) is 0 Å². The molecule has 6 heteroatoms. The van der Waals surface area contributed by atoms with Gasteiger partial charge in [-0.3, -0.25) is 4.98 Å². The molecule has 0 radical (unpaired) electrons. The Kier molecular flexibility index (Phi) is 2.90. The van der Waals surface area contributed by atoms with E-state index in [0.29, 0.717) is 15.5 Å². The van der Waals surface area contributed by atoms with E-state index >= 15 is 0 Å². The summed E-state index contributed by atoms with van der Waals surface area (Å²) < 4.78 is 0.676. The summed E-state index contributed by atoms with van der Waals surface area (Å²) in [6.45, 7) is 0. The van der Waals surface area contributed by atoms with E-state index in [4.69, 9.17) is 23.8 Å². The molecule has 0 spiro atoms. The standard InChI is InChI=1S/C11H8ClN3S2/c12-6-1-2-8(13-3-6)10-14-9-5-17-4-7(9)11(16)15-10/h1-3H,4-5H2,(H,14,15,16). The second-order valence-electron chi connectivity index (χ2n) is 3.70. The van der Waals surface area contributed by atoms with Crippen molar-refractivity contribution in [2.75, 3.05) is 0 Å². The van der Waals surface area contributed by atoms with E-state index in [1.807, 2.05) is 17.8 Å². The maximum absolute atomic E-state index is 5.81. The van der Waals surface area contributed by atoms with E-state index in [0.717, 1.165) is 22.8 Å². The molecule has 0 aliphatic carbocycles. The Morgan fingerprint density at radius 2 is 2.24 bits per heavy atom. The Balaban J connectivity index is 2.13. The summed E-state index contributed by atoms with van der Waals surface area (Å²) in [5, 5.41) is 0.615. The van der Waals surface area contributed by atoms with Crippen LogP contribution in [0.25, 0.3) is 11.5 Å². The number of nitrogens with one attached hydrogen (secondary N) is 1. The number of nitrogens with zero attached hydrogens (tertiary/aromatic N) is 2. The predicted molar refractivity (Wildman–Crippen MR) is 72.7 cm³/mol. The predicted octanol–water partition coefficient (Wildman–Crippen LogP) is 3.60. The topological polar surface area (TPSA) is 41.6 Å². The zero-order valence-electron chi connectivity index (χ0n) is 8.74. The molecule has 0 aromatic carbocycles. The largest absolute Gasteiger partial charge is 0.341 e. The molecule has 2 aromatic heterocycles. The number of aromatic nitrogens is 3. The zero-order chi connectivity index (χ0) is 11.8. The van der Waals surface area contributed by atoms with Gasteiger partial charge in [0.15, 0.2) is 5.82 Å². The Hall–Kier alpha value is -0.910. The smallest absolute Gasteiger partial charge is 0.157 e. The maximum atomic E-state index is 5.81. The number of H-pyrrole nitrogens is 1. The Morgan fingerprint density at radius 3 is 3.00 bits per heavy atom. The van der Waals surface area contributed by atoms with Crippen LogP contribution in [0.2, 0.25) is 5.02 Å². The van der Waals surface area contributed by atoms with Gasteiger partial charge < -0.3 is 4.98 Å². The normalized spacial score (nSPS) is 13.7. The lowest BCUT2D eigenvalue weighted by molar-refractivity contribution is 1.04. The Labute approximate surface area is 113 Å². The number of thioether (sulfide) groups is 1. The van der Waals surface area contributed by atoms with E-state index in [-0.39, 0.29) is 0 Å². The fourth-order valence-electron chi connectivity index (χ4n) is 1.71. The lowest BCUT2D eigenvalue weighted by atomic mass is 10.2. The number of fused-ring (bicyclic) bond motifs is 1. The van der Waals surface area contributed by atoms with Gasteiger partial charge in [-0.05, 0) is 12.1 Å². The van der Waals surface area contributed by atoms with Crippen LogP contribution in [0, 0.1) is 4.64 Å².